The van der Waals surface area contributed by atoms with Gasteiger partial charge >= 0.3 is 5.97 Å². The number of aromatic nitrogens is 1. The van der Waals surface area contributed by atoms with Gasteiger partial charge in [0.1, 0.15) is 5.69 Å². The second-order valence-corrected chi connectivity index (χ2v) is 6.89. The van der Waals surface area contributed by atoms with E-state index in [4.69, 9.17) is 16.3 Å². The molecule has 0 aliphatic rings. The van der Waals surface area contributed by atoms with Gasteiger partial charge < -0.3 is 14.2 Å². The zero-order valence-corrected chi connectivity index (χ0v) is 17.0. The molecule has 2 rings (SSSR count). The van der Waals surface area contributed by atoms with Crippen molar-refractivity contribution in [2.45, 2.75) is 26.8 Å². The minimum atomic E-state index is -0.721. The van der Waals surface area contributed by atoms with Crippen molar-refractivity contribution in [1.82, 2.24) is 9.47 Å². The van der Waals surface area contributed by atoms with Crippen molar-refractivity contribution < 1.29 is 19.1 Å². The van der Waals surface area contributed by atoms with E-state index >= 15 is 0 Å². The van der Waals surface area contributed by atoms with Gasteiger partial charge in [-0.15, -0.1) is 0 Å². The second-order valence-electron chi connectivity index (χ2n) is 6.45. The molecule has 0 saturated carbocycles. The van der Waals surface area contributed by atoms with Crippen molar-refractivity contribution in [3.8, 4) is 0 Å². The molecule has 0 fully saturated rings. The maximum absolute atomic E-state index is 13.1. The standard InChI is InChI=1S/C20H23ClN2O4/c1-11-16(12(2)22(4)17(11)20(26)27-6)18(24)13(3)23(5)19(25)14-8-7-9-15(21)10-14/h7-10,13H,1-6H3/t13-/m1/s1. The van der Waals surface area contributed by atoms with Crippen LogP contribution in [0.15, 0.2) is 24.3 Å². The van der Waals surface area contributed by atoms with E-state index in [2.05, 4.69) is 0 Å². The lowest BCUT2D eigenvalue weighted by Crippen LogP contribution is -2.40. The van der Waals surface area contributed by atoms with Crippen LogP contribution in [-0.2, 0) is 11.8 Å². The lowest BCUT2D eigenvalue weighted by atomic mass is 9.99. The lowest BCUT2D eigenvalue weighted by molar-refractivity contribution is 0.0588. The van der Waals surface area contributed by atoms with E-state index in [0.29, 0.717) is 33.1 Å². The van der Waals surface area contributed by atoms with Crippen LogP contribution in [0.3, 0.4) is 0 Å². The summed E-state index contributed by atoms with van der Waals surface area (Å²) in [7, 11) is 4.57. The molecule has 0 bridgehead atoms. The molecular weight excluding hydrogens is 368 g/mol. The fourth-order valence-electron chi connectivity index (χ4n) is 3.11. The third kappa shape index (κ3) is 3.76. The van der Waals surface area contributed by atoms with Crippen LogP contribution in [0.25, 0.3) is 0 Å². The number of hydrogen-bond donors (Lipinski definition) is 0. The van der Waals surface area contributed by atoms with E-state index < -0.39 is 12.0 Å². The number of ketones is 1. The van der Waals surface area contributed by atoms with Crippen molar-refractivity contribution >= 4 is 29.3 Å². The van der Waals surface area contributed by atoms with Gasteiger partial charge in [0.25, 0.3) is 5.91 Å². The molecule has 0 aliphatic carbocycles. The fourth-order valence-corrected chi connectivity index (χ4v) is 3.30. The molecule has 0 aliphatic heterocycles. The zero-order chi connectivity index (χ0) is 20.5. The Hall–Kier alpha value is -2.60. The number of Topliss-reactive ketones (excluding diaryl/α,β-unsaturated/α-hetero) is 1. The molecule has 0 N–H and O–H groups in total. The van der Waals surface area contributed by atoms with Gasteiger partial charge in [-0.3, -0.25) is 9.59 Å². The second kappa shape index (κ2) is 7.96. The van der Waals surface area contributed by atoms with Gasteiger partial charge in [0.15, 0.2) is 5.78 Å². The molecule has 1 aromatic carbocycles. The van der Waals surface area contributed by atoms with Crippen LogP contribution in [0.1, 0.15) is 49.4 Å². The van der Waals surface area contributed by atoms with Crippen molar-refractivity contribution in [3.63, 3.8) is 0 Å². The zero-order valence-electron chi connectivity index (χ0n) is 16.3. The van der Waals surface area contributed by atoms with Crippen molar-refractivity contribution in [1.29, 1.82) is 0 Å². The summed E-state index contributed by atoms with van der Waals surface area (Å²) >= 11 is 5.95. The molecule has 1 aromatic heterocycles. The van der Waals surface area contributed by atoms with Gasteiger partial charge in [-0.05, 0) is 44.5 Å². The summed E-state index contributed by atoms with van der Waals surface area (Å²) in [5.74, 6) is -1.06. The van der Waals surface area contributed by atoms with Gasteiger partial charge in [0.2, 0.25) is 0 Å². The number of ether oxygens (including phenoxy) is 1. The van der Waals surface area contributed by atoms with Crippen LogP contribution in [-0.4, -0.2) is 47.3 Å². The molecule has 27 heavy (non-hydrogen) atoms. The van der Waals surface area contributed by atoms with Crippen LogP contribution in [0.2, 0.25) is 5.02 Å². The highest BCUT2D eigenvalue weighted by Gasteiger charge is 2.31. The number of amides is 1. The Bertz CT molecular complexity index is 917. The Morgan fingerprint density at radius 3 is 2.41 bits per heavy atom. The molecular formula is C20H23ClN2O4. The Labute approximate surface area is 163 Å². The highest BCUT2D eigenvalue weighted by Crippen LogP contribution is 2.25. The molecule has 1 amide bonds. The quantitative estimate of drug-likeness (QED) is 0.579. The smallest absolute Gasteiger partial charge is 0.354 e. The first-order chi connectivity index (χ1) is 12.6. The van der Waals surface area contributed by atoms with Crippen LogP contribution >= 0.6 is 11.6 Å². The number of benzene rings is 1. The summed E-state index contributed by atoms with van der Waals surface area (Å²) in [5, 5.41) is 0.450. The van der Waals surface area contributed by atoms with E-state index in [1.54, 1.807) is 63.7 Å². The summed E-state index contributed by atoms with van der Waals surface area (Å²) in [5.41, 5.74) is 2.35. The number of halogens is 1. The van der Waals surface area contributed by atoms with E-state index in [1.165, 1.54) is 12.0 Å². The minimum absolute atomic E-state index is 0.242. The number of carbonyl (C=O) groups is 3. The number of methoxy groups -OCH3 is 1. The molecule has 6 nitrogen and oxygen atoms in total. The average molecular weight is 391 g/mol. The Morgan fingerprint density at radius 2 is 1.85 bits per heavy atom. The summed E-state index contributed by atoms with van der Waals surface area (Å²) in [6.07, 6.45) is 0. The Kier molecular flexibility index (Phi) is 6.11. The topological polar surface area (TPSA) is 68.6 Å². The third-order valence-electron chi connectivity index (χ3n) is 4.91. The molecule has 1 atom stereocenters. The molecule has 0 spiro atoms. The van der Waals surface area contributed by atoms with E-state index in [1.807, 2.05) is 0 Å². The molecule has 1 heterocycles. The summed E-state index contributed by atoms with van der Waals surface area (Å²) in [6.45, 7) is 5.13. The number of carbonyl (C=O) groups excluding carboxylic acids is 3. The van der Waals surface area contributed by atoms with Gasteiger partial charge in [0, 0.05) is 35.9 Å². The maximum Gasteiger partial charge on any atom is 0.354 e. The van der Waals surface area contributed by atoms with Crippen LogP contribution in [0.4, 0.5) is 0 Å². The van der Waals surface area contributed by atoms with Crippen LogP contribution < -0.4 is 0 Å². The summed E-state index contributed by atoms with van der Waals surface area (Å²) in [6, 6.07) is 5.85. The monoisotopic (exact) mass is 390 g/mol. The van der Waals surface area contributed by atoms with E-state index in [9.17, 15) is 14.4 Å². The van der Waals surface area contributed by atoms with Gasteiger partial charge in [-0.25, -0.2) is 4.79 Å². The van der Waals surface area contributed by atoms with Gasteiger partial charge in [0.05, 0.1) is 13.2 Å². The largest absolute Gasteiger partial charge is 0.464 e. The summed E-state index contributed by atoms with van der Waals surface area (Å²) < 4.78 is 6.45. The number of esters is 1. The molecule has 0 saturated heterocycles. The molecule has 0 radical (unpaired) electrons. The van der Waals surface area contributed by atoms with Crippen molar-refractivity contribution in [2.75, 3.05) is 14.2 Å². The number of likely N-dealkylation sites (N-methyl/N-ethyl adjacent to an activating group) is 1. The molecule has 7 heteroatoms. The maximum atomic E-state index is 13.1. The normalized spacial score (nSPS) is 11.8. The average Bonchev–Trinajstić information content (AvgIpc) is 2.87. The van der Waals surface area contributed by atoms with Crippen molar-refractivity contribution in [2.24, 2.45) is 7.05 Å². The predicted molar refractivity (Wildman–Crippen MR) is 104 cm³/mol. The molecule has 2 aromatic rings. The summed E-state index contributed by atoms with van der Waals surface area (Å²) in [4.78, 5) is 39.2. The highest BCUT2D eigenvalue weighted by atomic mass is 35.5. The SMILES string of the molecule is COC(=O)c1c(C)c(C(=O)[C@@H](C)N(C)C(=O)c2cccc(Cl)c2)c(C)n1C. The van der Waals surface area contributed by atoms with E-state index in [0.717, 1.165) is 0 Å². The number of nitrogens with zero attached hydrogens (tertiary/aromatic N) is 2. The minimum Gasteiger partial charge on any atom is -0.464 e. The predicted octanol–water partition coefficient (Wildman–Crippen LogP) is 3.43. The molecule has 0 unspecified atom stereocenters. The molecule has 144 valence electrons. The highest BCUT2D eigenvalue weighted by molar-refractivity contribution is 6.31. The number of hydrogen-bond acceptors (Lipinski definition) is 4. The van der Waals surface area contributed by atoms with Crippen LogP contribution in [0, 0.1) is 13.8 Å². The first-order valence-electron chi connectivity index (χ1n) is 8.42. The Morgan fingerprint density at radius 1 is 1.22 bits per heavy atom. The van der Waals surface area contributed by atoms with Crippen molar-refractivity contribution in [3.05, 3.63) is 57.4 Å². The number of rotatable bonds is 5. The Balaban J connectivity index is 2.37. The first kappa shape index (κ1) is 20.7. The van der Waals surface area contributed by atoms with Gasteiger partial charge in [-0.1, -0.05) is 17.7 Å². The fraction of sp³-hybridized carbons (Fsp3) is 0.350. The van der Waals surface area contributed by atoms with Crippen LogP contribution in [0.5, 0.6) is 0 Å². The lowest BCUT2D eigenvalue weighted by Gasteiger charge is -2.24. The van der Waals surface area contributed by atoms with E-state index in [-0.39, 0.29) is 11.7 Å². The third-order valence-corrected chi connectivity index (χ3v) is 5.14. The first-order valence-corrected chi connectivity index (χ1v) is 8.80. The van der Waals surface area contributed by atoms with Gasteiger partial charge in [-0.2, -0.15) is 0 Å².